The van der Waals surface area contributed by atoms with Crippen molar-refractivity contribution in [2.45, 2.75) is 38.3 Å². The summed E-state index contributed by atoms with van der Waals surface area (Å²) in [6.07, 6.45) is -0.306. The molecule has 1 saturated heterocycles. The number of rotatable bonds is 6. The molecule has 4 nitrogen and oxygen atoms in total. The minimum absolute atomic E-state index is 0.0150. The van der Waals surface area contributed by atoms with Crippen molar-refractivity contribution in [1.29, 1.82) is 0 Å². The first-order chi connectivity index (χ1) is 6.15. The largest absolute Gasteiger partial charge is 0.391 e. The molecule has 78 valence electrons. The van der Waals surface area contributed by atoms with Crippen molar-refractivity contribution >= 4 is 0 Å². The zero-order chi connectivity index (χ0) is 9.84. The summed E-state index contributed by atoms with van der Waals surface area (Å²) in [6, 6.07) is 0. The fraction of sp³-hybridized carbons (Fsp3) is 1.00. The Morgan fingerprint density at radius 1 is 1.54 bits per heavy atom. The standard InChI is InChI=1S/C9H18O4/c1-6(10)4-12-7(2)9(11-3)8-5-13-8/h6-10H,4-5H2,1-3H3. The van der Waals surface area contributed by atoms with Gasteiger partial charge in [0.15, 0.2) is 0 Å². The van der Waals surface area contributed by atoms with Gasteiger partial charge in [0.25, 0.3) is 0 Å². The van der Waals surface area contributed by atoms with Gasteiger partial charge in [0, 0.05) is 7.11 Å². The fourth-order valence-electron chi connectivity index (χ4n) is 1.28. The fourth-order valence-corrected chi connectivity index (χ4v) is 1.28. The minimum Gasteiger partial charge on any atom is -0.391 e. The van der Waals surface area contributed by atoms with E-state index in [1.165, 1.54) is 0 Å². The maximum Gasteiger partial charge on any atom is 0.111 e. The summed E-state index contributed by atoms with van der Waals surface area (Å²) >= 11 is 0. The SMILES string of the molecule is COC(C(C)OCC(C)O)C1CO1. The molecule has 1 aliphatic rings. The smallest absolute Gasteiger partial charge is 0.111 e. The van der Waals surface area contributed by atoms with E-state index in [9.17, 15) is 0 Å². The second-order valence-electron chi connectivity index (χ2n) is 3.46. The third kappa shape index (κ3) is 3.60. The first-order valence-electron chi connectivity index (χ1n) is 4.59. The Balaban J connectivity index is 2.22. The second kappa shape index (κ2) is 4.91. The van der Waals surface area contributed by atoms with Gasteiger partial charge in [-0.15, -0.1) is 0 Å². The van der Waals surface area contributed by atoms with Gasteiger partial charge < -0.3 is 19.3 Å². The van der Waals surface area contributed by atoms with Crippen LogP contribution in [0.3, 0.4) is 0 Å². The summed E-state index contributed by atoms with van der Waals surface area (Å²) in [5.41, 5.74) is 0. The van der Waals surface area contributed by atoms with Gasteiger partial charge in [-0.3, -0.25) is 0 Å². The van der Waals surface area contributed by atoms with E-state index in [1.54, 1.807) is 14.0 Å². The van der Waals surface area contributed by atoms with Gasteiger partial charge in [-0.1, -0.05) is 0 Å². The number of ether oxygens (including phenoxy) is 3. The van der Waals surface area contributed by atoms with Crippen molar-refractivity contribution in [2.75, 3.05) is 20.3 Å². The lowest BCUT2D eigenvalue weighted by Crippen LogP contribution is -2.34. The van der Waals surface area contributed by atoms with E-state index >= 15 is 0 Å². The predicted octanol–water partition coefficient (Wildman–Crippen LogP) is 0.186. The lowest BCUT2D eigenvalue weighted by Gasteiger charge is -2.21. The number of epoxide rings is 1. The van der Waals surface area contributed by atoms with Crippen molar-refractivity contribution in [3.05, 3.63) is 0 Å². The Morgan fingerprint density at radius 2 is 2.15 bits per heavy atom. The molecule has 0 aromatic heterocycles. The van der Waals surface area contributed by atoms with Crippen LogP contribution in [0.1, 0.15) is 13.8 Å². The molecule has 0 aromatic carbocycles. The molecule has 0 amide bonds. The Morgan fingerprint density at radius 3 is 2.54 bits per heavy atom. The number of hydrogen-bond acceptors (Lipinski definition) is 4. The highest BCUT2D eigenvalue weighted by molar-refractivity contribution is 4.84. The predicted molar refractivity (Wildman–Crippen MR) is 47.6 cm³/mol. The Hall–Kier alpha value is -0.160. The molecule has 0 aromatic rings. The van der Waals surface area contributed by atoms with Crippen LogP contribution in [0.4, 0.5) is 0 Å². The highest BCUT2D eigenvalue weighted by Gasteiger charge is 2.37. The monoisotopic (exact) mass is 190 g/mol. The van der Waals surface area contributed by atoms with Gasteiger partial charge in [0.05, 0.1) is 25.4 Å². The van der Waals surface area contributed by atoms with E-state index in [-0.39, 0.29) is 18.3 Å². The first kappa shape index (κ1) is 10.9. The van der Waals surface area contributed by atoms with E-state index in [4.69, 9.17) is 19.3 Å². The molecule has 4 atom stereocenters. The van der Waals surface area contributed by atoms with Crippen LogP contribution >= 0.6 is 0 Å². The highest BCUT2D eigenvalue weighted by Crippen LogP contribution is 2.20. The lowest BCUT2D eigenvalue weighted by atomic mass is 10.2. The summed E-state index contributed by atoms with van der Waals surface area (Å²) in [7, 11) is 1.65. The van der Waals surface area contributed by atoms with E-state index in [0.29, 0.717) is 6.61 Å². The van der Waals surface area contributed by atoms with Gasteiger partial charge in [-0.05, 0) is 13.8 Å². The van der Waals surface area contributed by atoms with Crippen LogP contribution in [-0.4, -0.2) is 49.8 Å². The molecule has 4 unspecified atom stereocenters. The van der Waals surface area contributed by atoms with Crippen molar-refractivity contribution < 1.29 is 19.3 Å². The van der Waals surface area contributed by atoms with Crippen molar-refractivity contribution in [3.8, 4) is 0 Å². The number of aliphatic hydroxyl groups excluding tert-OH is 1. The molecule has 1 aliphatic heterocycles. The summed E-state index contributed by atoms with van der Waals surface area (Å²) in [6.45, 7) is 4.72. The lowest BCUT2D eigenvalue weighted by molar-refractivity contribution is -0.0764. The minimum atomic E-state index is -0.430. The average molecular weight is 190 g/mol. The molecule has 13 heavy (non-hydrogen) atoms. The molecule has 4 heteroatoms. The average Bonchev–Trinajstić information content (AvgIpc) is 2.86. The maximum absolute atomic E-state index is 9.01. The highest BCUT2D eigenvalue weighted by atomic mass is 16.6. The molecule has 0 radical (unpaired) electrons. The number of aliphatic hydroxyl groups is 1. The van der Waals surface area contributed by atoms with Crippen LogP contribution in [0.2, 0.25) is 0 Å². The van der Waals surface area contributed by atoms with Crippen molar-refractivity contribution in [3.63, 3.8) is 0 Å². The van der Waals surface area contributed by atoms with E-state index < -0.39 is 6.10 Å². The molecule has 0 aliphatic carbocycles. The third-order valence-corrected chi connectivity index (χ3v) is 2.06. The molecule has 1 rings (SSSR count). The van der Waals surface area contributed by atoms with Crippen LogP contribution in [0.25, 0.3) is 0 Å². The van der Waals surface area contributed by atoms with Gasteiger partial charge >= 0.3 is 0 Å². The molecule has 1 heterocycles. The quantitative estimate of drug-likeness (QED) is 0.607. The van der Waals surface area contributed by atoms with Gasteiger partial charge in [0.2, 0.25) is 0 Å². The molecule has 1 N–H and O–H groups in total. The zero-order valence-corrected chi connectivity index (χ0v) is 8.40. The summed E-state index contributed by atoms with van der Waals surface area (Å²) in [5, 5.41) is 9.01. The molecular formula is C9H18O4. The van der Waals surface area contributed by atoms with Crippen molar-refractivity contribution in [2.24, 2.45) is 0 Å². The number of methoxy groups -OCH3 is 1. The van der Waals surface area contributed by atoms with Crippen LogP contribution < -0.4 is 0 Å². The maximum atomic E-state index is 9.01. The third-order valence-electron chi connectivity index (χ3n) is 2.06. The summed E-state index contributed by atoms with van der Waals surface area (Å²) < 4.78 is 15.8. The van der Waals surface area contributed by atoms with Gasteiger partial charge in [0.1, 0.15) is 12.2 Å². The Labute approximate surface area is 78.8 Å². The topological polar surface area (TPSA) is 51.2 Å². The summed E-state index contributed by atoms with van der Waals surface area (Å²) in [4.78, 5) is 0. The van der Waals surface area contributed by atoms with Crippen LogP contribution in [0, 0.1) is 0 Å². The normalized spacial score (nSPS) is 28.2. The van der Waals surface area contributed by atoms with Crippen LogP contribution in [0.15, 0.2) is 0 Å². The van der Waals surface area contributed by atoms with E-state index in [0.717, 1.165) is 6.61 Å². The first-order valence-corrected chi connectivity index (χ1v) is 4.59. The Bertz CT molecular complexity index is 145. The van der Waals surface area contributed by atoms with Crippen molar-refractivity contribution in [1.82, 2.24) is 0 Å². The zero-order valence-electron chi connectivity index (χ0n) is 8.40. The molecular weight excluding hydrogens is 172 g/mol. The van der Waals surface area contributed by atoms with Crippen LogP contribution in [-0.2, 0) is 14.2 Å². The Kier molecular flexibility index (Phi) is 4.12. The second-order valence-corrected chi connectivity index (χ2v) is 3.46. The molecule has 0 bridgehead atoms. The van der Waals surface area contributed by atoms with Gasteiger partial charge in [-0.2, -0.15) is 0 Å². The van der Waals surface area contributed by atoms with Crippen LogP contribution in [0.5, 0.6) is 0 Å². The van der Waals surface area contributed by atoms with E-state index in [1.807, 2.05) is 6.92 Å². The summed E-state index contributed by atoms with van der Waals surface area (Å²) in [5.74, 6) is 0. The molecule has 0 saturated carbocycles. The molecule has 1 fully saturated rings. The van der Waals surface area contributed by atoms with E-state index in [2.05, 4.69) is 0 Å². The molecule has 0 spiro atoms. The number of hydrogen-bond donors (Lipinski definition) is 1. The van der Waals surface area contributed by atoms with Gasteiger partial charge in [-0.25, -0.2) is 0 Å².